The largest absolute Gasteiger partial charge is 0.385 e. The minimum Gasteiger partial charge on any atom is -0.385 e. The lowest BCUT2D eigenvalue weighted by atomic mass is 10.1. The van der Waals surface area contributed by atoms with Crippen molar-refractivity contribution in [1.82, 2.24) is 0 Å². The van der Waals surface area contributed by atoms with Gasteiger partial charge in [0, 0.05) is 30.6 Å². The number of carbonyl (C=O) groups is 1. The van der Waals surface area contributed by atoms with Crippen molar-refractivity contribution in [2.45, 2.75) is 44.9 Å². The SMILES string of the molecule is NCCCCCCCC#Cc1ccc(NCCC(N)=O)cc1. The predicted octanol–water partition coefficient (Wildman–Crippen LogP) is 2.62. The van der Waals surface area contributed by atoms with Gasteiger partial charge in [-0.05, 0) is 43.7 Å². The van der Waals surface area contributed by atoms with Crippen LogP contribution in [0.2, 0.25) is 0 Å². The first-order valence-corrected chi connectivity index (χ1v) is 8.03. The van der Waals surface area contributed by atoms with E-state index in [2.05, 4.69) is 17.2 Å². The fourth-order valence-corrected chi connectivity index (χ4v) is 2.05. The van der Waals surface area contributed by atoms with Gasteiger partial charge in [-0.1, -0.05) is 31.1 Å². The average Bonchev–Trinajstić information content (AvgIpc) is 2.51. The van der Waals surface area contributed by atoms with Gasteiger partial charge in [0.15, 0.2) is 0 Å². The summed E-state index contributed by atoms with van der Waals surface area (Å²) < 4.78 is 0. The summed E-state index contributed by atoms with van der Waals surface area (Å²) in [7, 11) is 0. The van der Waals surface area contributed by atoms with Gasteiger partial charge in [0.05, 0.1) is 0 Å². The third-order valence-electron chi connectivity index (χ3n) is 3.32. The van der Waals surface area contributed by atoms with Gasteiger partial charge >= 0.3 is 0 Å². The quantitative estimate of drug-likeness (QED) is 0.459. The van der Waals surface area contributed by atoms with E-state index in [1.807, 2.05) is 24.3 Å². The first-order chi connectivity index (χ1) is 10.7. The molecule has 0 fully saturated rings. The average molecular weight is 301 g/mol. The van der Waals surface area contributed by atoms with Gasteiger partial charge in [0.2, 0.25) is 5.91 Å². The maximum atomic E-state index is 10.6. The molecular formula is C18H27N3O. The Morgan fingerprint density at radius 3 is 2.41 bits per heavy atom. The lowest BCUT2D eigenvalue weighted by molar-refractivity contribution is -0.117. The number of hydrogen-bond donors (Lipinski definition) is 3. The molecule has 4 nitrogen and oxygen atoms in total. The monoisotopic (exact) mass is 301 g/mol. The van der Waals surface area contributed by atoms with Gasteiger partial charge in [-0.2, -0.15) is 0 Å². The summed E-state index contributed by atoms with van der Waals surface area (Å²) in [4.78, 5) is 10.6. The van der Waals surface area contributed by atoms with Crippen LogP contribution in [-0.2, 0) is 4.79 Å². The van der Waals surface area contributed by atoms with Crippen LogP contribution in [0.1, 0.15) is 50.5 Å². The number of primary amides is 1. The highest BCUT2D eigenvalue weighted by atomic mass is 16.1. The van der Waals surface area contributed by atoms with Crippen molar-refractivity contribution in [3.63, 3.8) is 0 Å². The molecule has 0 aliphatic rings. The molecule has 0 saturated carbocycles. The molecule has 0 aromatic heterocycles. The molecular weight excluding hydrogens is 274 g/mol. The molecule has 1 rings (SSSR count). The summed E-state index contributed by atoms with van der Waals surface area (Å²) in [5.41, 5.74) is 12.5. The Bertz CT molecular complexity index is 485. The Kier molecular flexibility index (Phi) is 9.56. The number of nitrogens with one attached hydrogen (secondary N) is 1. The minimum atomic E-state index is -0.294. The van der Waals surface area contributed by atoms with Crippen LogP contribution in [0.15, 0.2) is 24.3 Å². The molecule has 0 aliphatic heterocycles. The molecule has 0 unspecified atom stereocenters. The normalized spacial score (nSPS) is 9.86. The molecule has 1 aromatic rings. The first-order valence-electron chi connectivity index (χ1n) is 8.03. The van der Waals surface area contributed by atoms with Crippen LogP contribution in [0.5, 0.6) is 0 Å². The van der Waals surface area contributed by atoms with E-state index >= 15 is 0 Å². The van der Waals surface area contributed by atoms with Gasteiger partial charge in [-0.25, -0.2) is 0 Å². The van der Waals surface area contributed by atoms with Crippen molar-refractivity contribution in [2.24, 2.45) is 11.5 Å². The van der Waals surface area contributed by atoms with Crippen LogP contribution in [0.4, 0.5) is 5.69 Å². The Morgan fingerprint density at radius 1 is 1.05 bits per heavy atom. The molecule has 120 valence electrons. The van der Waals surface area contributed by atoms with Crippen LogP contribution in [-0.4, -0.2) is 19.0 Å². The highest BCUT2D eigenvalue weighted by Gasteiger charge is 1.95. The van der Waals surface area contributed by atoms with E-state index in [1.54, 1.807) is 0 Å². The molecule has 0 atom stereocenters. The molecule has 0 aliphatic carbocycles. The fourth-order valence-electron chi connectivity index (χ4n) is 2.05. The van der Waals surface area contributed by atoms with E-state index in [-0.39, 0.29) is 5.91 Å². The standard InChI is InChI=1S/C18H27N3O/c19-14-7-5-3-1-2-4-6-8-16-9-11-17(12-10-16)21-15-13-18(20)22/h9-12,21H,1-5,7,13-15,19H2,(H2,20,22). The van der Waals surface area contributed by atoms with Crippen LogP contribution in [0, 0.1) is 11.8 Å². The summed E-state index contributed by atoms with van der Waals surface area (Å²) in [6, 6.07) is 7.91. The zero-order chi connectivity index (χ0) is 16.0. The van der Waals surface area contributed by atoms with Crippen molar-refractivity contribution in [1.29, 1.82) is 0 Å². The zero-order valence-electron chi connectivity index (χ0n) is 13.2. The molecule has 0 spiro atoms. The molecule has 4 heteroatoms. The summed E-state index contributed by atoms with van der Waals surface area (Å²) in [6.45, 7) is 1.36. The van der Waals surface area contributed by atoms with Gasteiger partial charge in [-0.15, -0.1) is 0 Å². The third kappa shape index (κ3) is 9.04. The summed E-state index contributed by atoms with van der Waals surface area (Å²) in [5, 5.41) is 3.15. The first kappa shape index (κ1) is 18.1. The number of rotatable bonds is 10. The van der Waals surface area contributed by atoms with Gasteiger partial charge in [0.1, 0.15) is 0 Å². The number of nitrogens with two attached hydrogens (primary N) is 2. The zero-order valence-corrected chi connectivity index (χ0v) is 13.2. The fraction of sp³-hybridized carbons (Fsp3) is 0.500. The maximum Gasteiger partial charge on any atom is 0.219 e. The second-order valence-corrected chi connectivity index (χ2v) is 5.33. The summed E-state index contributed by atoms with van der Waals surface area (Å²) >= 11 is 0. The molecule has 22 heavy (non-hydrogen) atoms. The number of amides is 1. The molecule has 0 radical (unpaired) electrons. The third-order valence-corrected chi connectivity index (χ3v) is 3.32. The highest BCUT2D eigenvalue weighted by molar-refractivity contribution is 5.74. The van der Waals surface area contributed by atoms with Crippen LogP contribution >= 0.6 is 0 Å². The van der Waals surface area contributed by atoms with Crippen LogP contribution in [0.3, 0.4) is 0 Å². The van der Waals surface area contributed by atoms with Crippen molar-refractivity contribution < 1.29 is 4.79 Å². The maximum absolute atomic E-state index is 10.6. The Balaban J connectivity index is 2.21. The topological polar surface area (TPSA) is 81.1 Å². The van der Waals surface area contributed by atoms with Crippen LogP contribution in [0.25, 0.3) is 0 Å². The van der Waals surface area contributed by atoms with Crippen molar-refractivity contribution in [3.05, 3.63) is 29.8 Å². The van der Waals surface area contributed by atoms with E-state index < -0.39 is 0 Å². The smallest absolute Gasteiger partial charge is 0.219 e. The Hall–Kier alpha value is -1.99. The Morgan fingerprint density at radius 2 is 1.73 bits per heavy atom. The number of benzene rings is 1. The molecule has 0 saturated heterocycles. The molecule has 0 bridgehead atoms. The number of unbranched alkanes of at least 4 members (excludes halogenated alkanes) is 5. The predicted molar refractivity (Wildman–Crippen MR) is 92.4 cm³/mol. The molecule has 1 amide bonds. The van der Waals surface area contributed by atoms with E-state index in [1.165, 1.54) is 19.3 Å². The van der Waals surface area contributed by atoms with Gasteiger partial charge < -0.3 is 16.8 Å². The van der Waals surface area contributed by atoms with E-state index in [0.29, 0.717) is 13.0 Å². The van der Waals surface area contributed by atoms with Crippen molar-refractivity contribution >= 4 is 11.6 Å². The van der Waals surface area contributed by atoms with E-state index in [0.717, 1.165) is 37.1 Å². The number of hydrogen-bond acceptors (Lipinski definition) is 3. The lowest BCUT2D eigenvalue weighted by Crippen LogP contribution is -2.15. The Labute approximate surface area is 133 Å². The van der Waals surface area contributed by atoms with E-state index in [9.17, 15) is 4.79 Å². The van der Waals surface area contributed by atoms with Gasteiger partial charge in [0.25, 0.3) is 0 Å². The molecule has 1 aromatic carbocycles. The van der Waals surface area contributed by atoms with Crippen molar-refractivity contribution in [2.75, 3.05) is 18.4 Å². The van der Waals surface area contributed by atoms with Crippen LogP contribution < -0.4 is 16.8 Å². The second-order valence-electron chi connectivity index (χ2n) is 5.33. The highest BCUT2D eigenvalue weighted by Crippen LogP contribution is 2.09. The van der Waals surface area contributed by atoms with Gasteiger partial charge in [-0.3, -0.25) is 4.79 Å². The lowest BCUT2D eigenvalue weighted by Gasteiger charge is -2.04. The second kappa shape index (κ2) is 11.6. The number of carbonyl (C=O) groups excluding carboxylic acids is 1. The summed E-state index contributed by atoms with van der Waals surface area (Å²) in [6.07, 6.45) is 7.29. The van der Waals surface area contributed by atoms with Crippen molar-refractivity contribution in [3.8, 4) is 11.8 Å². The molecule has 0 heterocycles. The summed E-state index contributed by atoms with van der Waals surface area (Å²) in [5.74, 6) is 6.10. The minimum absolute atomic E-state index is 0.294. The number of anilines is 1. The molecule has 5 N–H and O–H groups in total. The van der Waals surface area contributed by atoms with E-state index in [4.69, 9.17) is 11.5 Å².